The van der Waals surface area contributed by atoms with Gasteiger partial charge in [-0.05, 0) is 11.8 Å². The molecule has 1 aliphatic rings. The van der Waals surface area contributed by atoms with E-state index >= 15 is 0 Å². The van der Waals surface area contributed by atoms with Crippen LogP contribution in [0.25, 0.3) is 0 Å². The highest BCUT2D eigenvalue weighted by molar-refractivity contribution is 6.07. The van der Waals surface area contributed by atoms with E-state index in [4.69, 9.17) is 0 Å². The number of rotatable bonds is 1. The molecular weight excluding hydrogens is 234 g/mol. The van der Waals surface area contributed by atoms with E-state index in [9.17, 15) is 14.4 Å². The number of aromatic amines is 1. The van der Waals surface area contributed by atoms with Crippen molar-refractivity contribution in [1.82, 2.24) is 4.98 Å². The van der Waals surface area contributed by atoms with Crippen LogP contribution in [0.3, 0.4) is 0 Å². The number of carbonyl (C=O) groups excluding carboxylic acids is 2. The highest BCUT2D eigenvalue weighted by Crippen LogP contribution is 2.34. The Morgan fingerprint density at radius 1 is 1.33 bits per heavy atom. The Morgan fingerprint density at radius 3 is 2.61 bits per heavy atom. The van der Waals surface area contributed by atoms with Crippen molar-refractivity contribution in [3.05, 3.63) is 33.2 Å². The molecule has 1 aromatic heterocycles. The average Bonchev–Trinajstić information content (AvgIpc) is 2.24. The molecule has 2 rings (SSSR count). The molecule has 5 nitrogen and oxygen atoms in total. The molecular formula is C13H15NO4. The maximum Gasteiger partial charge on any atom is 0.338 e. The third-order valence-electron chi connectivity index (χ3n) is 3.10. The average molecular weight is 249 g/mol. The number of ketones is 1. The van der Waals surface area contributed by atoms with Crippen LogP contribution in [0.2, 0.25) is 0 Å². The number of H-pyrrole nitrogens is 1. The van der Waals surface area contributed by atoms with Gasteiger partial charge in [0.2, 0.25) is 5.56 Å². The van der Waals surface area contributed by atoms with Crippen molar-refractivity contribution in [3.63, 3.8) is 0 Å². The number of carbonyl (C=O) groups is 2. The Kier molecular flexibility index (Phi) is 2.84. The van der Waals surface area contributed by atoms with Crippen molar-refractivity contribution in [1.29, 1.82) is 0 Å². The lowest BCUT2D eigenvalue weighted by Gasteiger charge is -2.30. The first kappa shape index (κ1) is 12.5. The molecule has 0 radical (unpaired) electrons. The first-order valence-electron chi connectivity index (χ1n) is 5.72. The van der Waals surface area contributed by atoms with E-state index in [1.807, 2.05) is 13.8 Å². The monoisotopic (exact) mass is 249 g/mol. The quantitative estimate of drug-likeness (QED) is 0.761. The third kappa shape index (κ3) is 2.08. The van der Waals surface area contributed by atoms with Crippen molar-refractivity contribution in [2.45, 2.75) is 26.7 Å². The maximum atomic E-state index is 12.1. The van der Waals surface area contributed by atoms with Gasteiger partial charge in [0.15, 0.2) is 5.78 Å². The second-order valence-corrected chi connectivity index (χ2v) is 5.33. The largest absolute Gasteiger partial charge is 0.465 e. The molecule has 0 unspecified atom stereocenters. The summed E-state index contributed by atoms with van der Waals surface area (Å²) in [4.78, 5) is 37.9. The summed E-state index contributed by atoms with van der Waals surface area (Å²) in [5.74, 6) is -0.775. The zero-order valence-corrected chi connectivity index (χ0v) is 10.6. The van der Waals surface area contributed by atoms with E-state index in [1.54, 1.807) is 0 Å². The van der Waals surface area contributed by atoms with E-state index in [2.05, 4.69) is 9.72 Å². The highest BCUT2D eigenvalue weighted by Gasteiger charge is 2.34. The van der Waals surface area contributed by atoms with Gasteiger partial charge in [0.05, 0.1) is 18.2 Å². The van der Waals surface area contributed by atoms with Crippen molar-refractivity contribution >= 4 is 11.8 Å². The van der Waals surface area contributed by atoms with Crippen LogP contribution in [0.5, 0.6) is 0 Å². The third-order valence-corrected chi connectivity index (χ3v) is 3.10. The fraction of sp³-hybridized carbons (Fsp3) is 0.462. The van der Waals surface area contributed by atoms with Crippen molar-refractivity contribution < 1.29 is 14.3 Å². The van der Waals surface area contributed by atoms with E-state index < -0.39 is 5.97 Å². The first-order valence-corrected chi connectivity index (χ1v) is 5.72. The van der Waals surface area contributed by atoms with Crippen LogP contribution in [0, 0.1) is 5.41 Å². The molecule has 0 saturated carbocycles. The minimum Gasteiger partial charge on any atom is -0.465 e. The van der Waals surface area contributed by atoms with Gasteiger partial charge in [-0.15, -0.1) is 0 Å². The van der Waals surface area contributed by atoms with Gasteiger partial charge in [0.1, 0.15) is 0 Å². The summed E-state index contributed by atoms with van der Waals surface area (Å²) in [5, 5.41) is 0. The van der Waals surface area contributed by atoms with E-state index in [0.29, 0.717) is 24.1 Å². The molecule has 0 bridgehead atoms. The van der Waals surface area contributed by atoms with Crippen LogP contribution in [-0.4, -0.2) is 23.8 Å². The minimum absolute atomic E-state index is 0.0664. The predicted molar refractivity (Wildman–Crippen MR) is 64.8 cm³/mol. The van der Waals surface area contributed by atoms with E-state index in [1.165, 1.54) is 7.11 Å². The smallest absolute Gasteiger partial charge is 0.338 e. The molecule has 0 fully saturated rings. The number of hydrogen-bond acceptors (Lipinski definition) is 4. The summed E-state index contributed by atoms with van der Waals surface area (Å²) in [7, 11) is 1.23. The molecule has 1 aromatic rings. The summed E-state index contributed by atoms with van der Waals surface area (Å²) in [6.45, 7) is 3.91. The summed E-state index contributed by atoms with van der Waals surface area (Å²) >= 11 is 0. The second kappa shape index (κ2) is 4.08. The second-order valence-electron chi connectivity index (χ2n) is 5.33. The number of aromatic nitrogens is 1. The Balaban J connectivity index is 2.67. The number of pyridine rings is 1. The molecule has 0 aliphatic heterocycles. The van der Waals surface area contributed by atoms with Gasteiger partial charge >= 0.3 is 5.97 Å². The number of ether oxygens (including phenoxy) is 1. The number of nitrogens with one attached hydrogen (secondary N) is 1. The minimum atomic E-state index is -0.648. The standard InChI is InChI=1S/C13H15NO4/c1-13(2)5-8-11(9(15)6-13)7(12(17)18-3)4-10(16)14-8/h4H,5-6H2,1-3H3,(H,14,16). The van der Waals surface area contributed by atoms with Gasteiger partial charge in [-0.2, -0.15) is 0 Å². The summed E-state index contributed by atoms with van der Waals surface area (Å²) in [5.41, 5.74) is 0.309. The topological polar surface area (TPSA) is 76.2 Å². The first-order chi connectivity index (χ1) is 8.34. The molecule has 0 amide bonds. The highest BCUT2D eigenvalue weighted by atomic mass is 16.5. The zero-order valence-electron chi connectivity index (χ0n) is 10.6. The van der Waals surface area contributed by atoms with Crippen molar-refractivity contribution in [3.8, 4) is 0 Å². The SMILES string of the molecule is COC(=O)c1cc(=O)[nH]c2c1C(=O)CC(C)(C)C2. The Labute approximate surface area is 104 Å². The Morgan fingerprint density at radius 2 is 2.00 bits per heavy atom. The lowest BCUT2D eigenvalue weighted by atomic mass is 9.74. The predicted octanol–water partition coefficient (Wildman–Crippen LogP) is 1.32. The maximum absolute atomic E-state index is 12.1. The van der Waals surface area contributed by atoms with Gasteiger partial charge in [-0.3, -0.25) is 9.59 Å². The fourth-order valence-electron chi connectivity index (χ4n) is 2.40. The summed E-state index contributed by atoms with van der Waals surface area (Å²) < 4.78 is 4.61. The van der Waals surface area contributed by atoms with Crippen LogP contribution in [0.15, 0.2) is 10.9 Å². The fourth-order valence-corrected chi connectivity index (χ4v) is 2.40. The molecule has 0 saturated heterocycles. The normalized spacial score (nSPS) is 17.2. The van der Waals surface area contributed by atoms with Crippen LogP contribution >= 0.6 is 0 Å². The Hall–Kier alpha value is -1.91. The summed E-state index contributed by atoms with van der Waals surface area (Å²) in [6, 6.07) is 1.13. The lowest BCUT2D eigenvalue weighted by molar-refractivity contribution is 0.0594. The van der Waals surface area contributed by atoms with Crippen LogP contribution < -0.4 is 5.56 Å². The van der Waals surface area contributed by atoms with Crippen LogP contribution in [0.1, 0.15) is 46.7 Å². The van der Waals surface area contributed by atoms with Gasteiger partial charge in [-0.25, -0.2) is 4.79 Å². The molecule has 96 valence electrons. The Bertz CT molecular complexity index is 583. The number of fused-ring (bicyclic) bond motifs is 1. The number of esters is 1. The molecule has 0 aromatic carbocycles. The van der Waals surface area contributed by atoms with Crippen molar-refractivity contribution in [2.75, 3.05) is 7.11 Å². The molecule has 0 atom stereocenters. The van der Waals surface area contributed by atoms with Crippen molar-refractivity contribution in [2.24, 2.45) is 5.41 Å². The van der Waals surface area contributed by atoms with Gasteiger partial charge in [-0.1, -0.05) is 13.8 Å². The molecule has 0 spiro atoms. The van der Waals surface area contributed by atoms with Gasteiger partial charge in [0, 0.05) is 18.2 Å². The lowest BCUT2D eigenvalue weighted by Crippen LogP contribution is -2.32. The molecule has 1 N–H and O–H groups in total. The molecule has 1 heterocycles. The molecule has 1 aliphatic carbocycles. The van der Waals surface area contributed by atoms with E-state index in [-0.39, 0.29) is 22.3 Å². The van der Waals surface area contributed by atoms with Crippen LogP contribution in [0.4, 0.5) is 0 Å². The number of hydrogen-bond donors (Lipinski definition) is 1. The summed E-state index contributed by atoms with van der Waals surface area (Å²) in [6.07, 6.45) is 0.921. The van der Waals surface area contributed by atoms with E-state index in [0.717, 1.165) is 6.07 Å². The van der Waals surface area contributed by atoms with Crippen LogP contribution in [-0.2, 0) is 11.2 Å². The number of methoxy groups -OCH3 is 1. The number of Topliss-reactive ketones (excluding diaryl/α,β-unsaturated/α-hetero) is 1. The van der Waals surface area contributed by atoms with Gasteiger partial charge in [0.25, 0.3) is 0 Å². The van der Waals surface area contributed by atoms with Gasteiger partial charge < -0.3 is 9.72 Å². The zero-order chi connectivity index (χ0) is 13.5. The molecule has 5 heteroatoms. The molecule has 18 heavy (non-hydrogen) atoms.